The lowest BCUT2D eigenvalue weighted by molar-refractivity contribution is 0.536. The first-order valence-corrected chi connectivity index (χ1v) is 8.81. The maximum atomic E-state index is 12.2. The van der Waals surface area contributed by atoms with Gasteiger partial charge in [0.1, 0.15) is 4.90 Å². The van der Waals surface area contributed by atoms with E-state index in [-0.39, 0.29) is 10.9 Å². The molecule has 1 heterocycles. The zero-order valence-electron chi connectivity index (χ0n) is 11.7. The highest BCUT2D eigenvalue weighted by Crippen LogP contribution is 2.32. The molecule has 20 heavy (non-hydrogen) atoms. The van der Waals surface area contributed by atoms with Crippen molar-refractivity contribution in [3.63, 3.8) is 0 Å². The van der Waals surface area contributed by atoms with Crippen LogP contribution < -0.4 is 10.0 Å². The Morgan fingerprint density at radius 3 is 2.80 bits per heavy atom. The quantitative estimate of drug-likeness (QED) is 0.741. The summed E-state index contributed by atoms with van der Waals surface area (Å²) in [6, 6.07) is 0.676. The number of sulfonamides is 1. The Labute approximate surface area is 120 Å². The number of rotatable bonds is 8. The van der Waals surface area contributed by atoms with Gasteiger partial charge in [-0.2, -0.15) is 5.10 Å². The van der Waals surface area contributed by atoms with E-state index in [1.807, 2.05) is 6.92 Å². The van der Waals surface area contributed by atoms with E-state index in [4.69, 9.17) is 0 Å². The Balaban J connectivity index is 1.56. The SMILES string of the molecule is CC(NS(=O)(=O)c1cnn(CCNC2CC2)c1)C1CC1. The minimum Gasteiger partial charge on any atom is -0.312 e. The summed E-state index contributed by atoms with van der Waals surface area (Å²) < 4.78 is 28.8. The number of hydrogen-bond donors (Lipinski definition) is 2. The van der Waals surface area contributed by atoms with Gasteiger partial charge in [-0.25, -0.2) is 13.1 Å². The minimum absolute atomic E-state index is 0.0138. The van der Waals surface area contributed by atoms with Crippen molar-refractivity contribution >= 4 is 10.0 Å². The Bertz CT molecular complexity index is 561. The molecule has 0 aromatic carbocycles. The van der Waals surface area contributed by atoms with E-state index in [9.17, 15) is 8.42 Å². The summed E-state index contributed by atoms with van der Waals surface area (Å²) in [5.74, 6) is 0.502. The fraction of sp³-hybridized carbons (Fsp3) is 0.769. The maximum Gasteiger partial charge on any atom is 0.243 e. The Kier molecular flexibility index (Phi) is 3.83. The first-order chi connectivity index (χ1) is 9.54. The first kappa shape index (κ1) is 14.0. The predicted molar refractivity (Wildman–Crippen MR) is 75.8 cm³/mol. The van der Waals surface area contributed by atoms with Crippen molar-refractivity contribution < 1.29 is 8.42 Å². The number of hydrogen-bond acceptors (Lipinski definition) is 4. The average molecular weight is 298 g/mol. The van der Waals surface area contributed by atoms with E-state index in [1.54, 1.807) is 10.9 Å². The molecule has 0 radical (unpaired) electrons. The standard InChI is InChI=1S/C13H22N4O2S/c1-10(11-2-3-11)16-20(18,19)13-8-15-17(9-13)7-6-14-12-4-5-12/h8-12,14,16H,2-7H2,1H3. The lowest BCUT2D eigenvalue weighted by atomic mass is 10.2. The molecule has 0 bridgehead atoms. The van der Waals surface area contributed by atoms with Crippen molar-refractivity contribution in [2.75, 3.05) is 6.54 Å². The second-order valence-electron chi connectivity index (χ2n) is 5.91. The molecule has 2 aliphatic rings. The summed E-state index contributed by atoms with van der Waals surface area (Å²) in [6.45, 7) is 3.46. The van der Waals surface area contributed by atoms with Gasteiger partial charge in [0.15, 0.2) is 0 Å². The molecule has 1 aromatic rings. The highest BCUT2D eigenvalue weighted by atomic mass is 32.2. The molecular weight excluding hydrogens is 276 g/mol. The van der Waals surface area contributed by atoms with E-state index in [0.29, 0.717) is 18.5 Å². The molecule has 1 aromatic heterocycles. The fourth-order valence-corrected chi connectivity index (χ4v) is 3.55. The van der Waals surface area contributed by atoms with Crippen molar-refractivity contribution in [2.45, 2.75) is 56.1 Å². The molecule has 2 aliphatic carbocycles. The van der Waals surface area contributed by atoms with E-state index in [1.165, 1.54) is 19.0 Å². The fourth-order valence-electron chi connectivity index (χ4n) is 2.28. The van der Waals surface area contributed by atoms with Gasteiger partial charge in [0, 0.05) is 24.8 Å². The molecule has 0 aliphatic heterocycles. The maximum absolute atomic E-state index is 12.2. The van der Waals surface area contributed by atoms with E-state index >= 15 is 0 Å². The molecule has 0 spiro atoms. The van der Waals surface area contributed by atoms with Crippen LogP contribution in [0.2, 0.25) is 0 Å². The van der Waals surface area contributed by atoms with Crippen LogP contribution in [-0.2, 0) is 16.6 Å². The predicted octanol–water partition coefficient (Wildman–Crippen LogP) is 0.712. The van der Waals surface area contributed by atoms with Crippen LogP contribution >= 0.6 is 0 Å². The van der Waals surface area contributed by atoms with Crippen LogP contribution in [0.25, 0.3) is 0 Å². The normalized spacial score (nSPS) is 21.1. The summed E-state index contributed by atoms with van der Waals surface area (Å²) in [4.78, 5) is 0.261. The summed E-state index contributed by atoms with van der Waals surface area (Å²) in [5.41, 5.74) is 0. The first-order valence-electron chi connectivity index (χ1n) is 7.33. The van der Waals surface area contributed by atoms with Gasteiger partial charge in [-0.05, 0) is 38.5 Å². The van der Waals surface area contributed by atoms with Crippen molar-refractivity contribution in [2.24, 2.45) is 5.92 Å². The van der Waals surface area contributed by atoms with Gasteiger partial charge < -0.3 is 5.32 Å². The third-order valence-corrected chi connectivity index (χ3v) is 5.45. The second-order valence-corrected chi connectivity index (χ2v) is 7.63. The Morgan fingerprint density at radius 1 is 1.40 bits per heavy atom. The summed E-state index contributed by atoms with van der Waals surface area (Å²) >= 11 is 0. The van der Waals surface area contributed by atoms with Crippen LogP contribution in [0, 0.1) is 5.92 Å². The van der Waals surface area contributed by atoms with Crippen molar-refractivity contribution in [1.29, 1.82) is 0 Å². The van der Waals surface area contributed by atoms with Crippen molar-refractivity contribution in [3.05, 3.63) is 12.4 Å². The van der Waals surface area contributed by atoms with Crippen molar-refractivity contribution in [1.82, 2.24) is 19.8 Å². The molecule has 112 valence electrons. The molecule has 6 nitrogen and oxygen atoms in total. The average Bonchev–Trinajstić information content (AvgIpc) is 3.28. The lowest BCUT2D eigenvalue weighted by Crippen LogP contribution is -2.33. The van der Waals surface area contributed by atoms with Crippen LogP contribution in [0.5, 0.6) is 0 Å². The zero-order valence-corrected chi connectivity index (χ0v) is 12.6. The monoisotopic (exact) mass is 298 g/mol. The molecule has 7 heteroatoms. The van der Waals surface area contributed by atoms with Gasteiger partial charge in [-0.15, -0.1) is 0 Å². The topological polar surface area (TPSA) is 76.0 Å². The number of nitrogens with zero attached hydrogens (tertiary/aromatic N) is 2. The van der Waals surface area contributed by atoms with Gasteiger partial charge >= 0.3 is 0 Å². The summed E-state index contributed by atoms with van der Waals surface area (Å²) in [7, 11) is -3.43. The Morgan fingerprint density at radius 2 is 2.15 bits per heavy atom. The number of aromatic nitrogens is 2. The van der Waals surface area contributed by atoms with Gasteiger partial charge in [0.25, 0.3) is 0 Å². The molecule has 0 amide bonds. The molecule has 2 fully saturated rings. The minimum atomic E-state index is -3.43. The molecule has 1 unspecified atom stereocenters. The zero-order chi connectivity index (χ0) is 14.2. The van der Waals surface area contributed by atoms with E-state index in [0.717, 1.165) is 19.4 Å². The molecule has 3 rings (SSSR count). The highest BCUT2D eigenvalue weighted by Gasteiger charge is 2.31. The highest BCUT2D eigenvalue weighted by molar-refractivity contribution is 7.89. The lowest BCUT2D eigenvalue weighted by Gasteiger charge is -2.11. The van der Waals surface area contributed by atoms with Gasteiger partial charge in [0.2, 0.25) is 10.0 Å². The van der Waals surface area contributed by atoms with Crippen molar-refractivity contribution in [3.8, 4) is 0 Å². The van der Waals surface area contributed by atoms with E-state index in [2.05, 4.69) is 15.1 Å². The Hall–Kier alpha value is -0.920. The summed E-state index contributed by atoms with van der Waals surface area (Å²) in [5, 5.41) is 7.51. The van der Waals surface area contributed by atoms with Gasteiger partial charge in [-0.3, -0.25) is 4.68 Å². The second kappa shape index (κ2) is 5.46. The third-order valence-electron chi connectivity index (χ3n) is 3.94. The van der Waals surface area contributed by atoms with E-state index < -0.39 is 10.0 Å². The molecule has 2 saturated carbocycles. The van der Waals surface area contributed by atoms with Gasteiger partial charge in [0.05, 0.1) is 12.7 Å². The van der Waals surface area contributed by atoms with Crippen LogP contribution in [0.15, 0.2) is 17.3 Å². The third kappa shape index (κ3) is 3.59. The molecular formula is C13H22N4O2S. The van der Waals surface area contributed by atoms with Crippen LogP contribution in [-0.4, -0.2) is 36.8 Å². The van der Waals surface area contributed by atoms with Gasteiger partial charge in [-0.1, -0.05) is 0 Å². The molecule has 1 atom stereocenters. The summed E-state index contributed by atoms with van der Waals surface area (Å²) in [6.07, 6.45) is 7.78. The smallest absolute Gasteiger partial charge is 0.243 e. The molecule has 0 saturated heterocycles. The molecule has 2 N–H and O–H groups in total. The van der Waals surface area contributed by atoms with Crippen LogP contribution in [0.1, 0.15) is 32.6 Å². The largest absolute Gasteiger partial charge is 0.312 e. The van der Waals surface area contributed by atoms with Crippen LogP contribution in [0.4, 0.5) is 0 Å². The van der Waals surface area contributed by atoms with Crippen LogP contribution in [0.3, 0.4) is 0 Å². The number of nitrogens with one attached hydrogen (secondary N) is 2.